The Morgan fingerprint density at radius 2 is 1.76 bits per heavy atom. The summed E-state index contributed by atoms with van der Waals surface area (Å²) in [5.74, 6) is 1.42. The molecule has 0 bridgehead atoms. The molecule has 1 aromatic heterocycles. The van der Waals surface area contributed by atoms with E-state index in [4.69, 9.17) is 14.2 Å². The van der Waals surface area contributed by atoms with Gasteiger partial charge in [-0.1, -0.05) is 6.92 Å². The number of aryl methyl sites for hydroxylation is 1. The van der Waals surface area contributed by atoms with Crippen LogP contribution in [0.15, 0.2) is 18.2 Å². The summed E-state index contributed by atoms with van der Waals surface area (Å²) in [6, 6.07) is 6.73. The quantitative estimate of drug-likeness (QED) is 0.623. The first-order valence-corrected chi connectivity index (χ1v) is 10.9. The Bertz CT molecular complexity index is 850. The van der Waals surface area contributed by atoms with Gasteiger partial charge in [0.1, 0.15) is 17.6 Å². The third-order valence-corrected chi connectivity index (χ3v) is 5.78. The number of imidazole rings is 1. The molecule has 2 saturated carbocycles. The van der Waals surface area contributed by atoms with Crippen LogP contribution in [0.4, 0.5) is 0 Å². The van der Waals surface area contributed by atoms with Crippen molar-refractivity contribution in [2.24, 2.45) is 13.0 Å². The van der Waals surface area contributed by atoms with Crippen LogP contribution in [0.2, 0.25) is 0 Å². The largest absolute Gasteiger partial charge is 0.490 e. The molecular weight excluding hydrogens is 368 g/mol. The van der Waals surface area contributed by atoms with Gasteiger partial charge in [0.2, 0.25) is 0 Å². The van der Waals surface area contributed by atoms with Crippen molar-refractivity contribution in [2.45, 2.75) is 77.1 Å². The van der Waals surface area contributed by atoms with Gasteiger partial charge in [0.25, 0.3) is 6.01 Å². The molecular formula is C23H32N2O4. The van der Waals surface area contributed by atoms with Crippen LogP contribution < -0.4 is 9.47 Å². The number of carbonyl (C=O) groups is 1. The zero-order valence-corrected chi connectivity index (χ0v) is 17.7. The van der Waals surface area contributed by atoms with Crippen LogP contribution in [0, 0.1) is 5.92 Å². The number of Topliss-reactive ketones (excluding diaryl/α,β-unsaturated/α-hetero) is 1. The second kappa shape index (κ2) is 8.74. The van der Waals surface area contributed by atoms with Gasteiger partial charge in [-0.25, -0.2) is 0 Å². The Kier molecular flexibility index (Phi) is 6.09. The van der Waals surface area contributed by atoms with Crippen LogP contribution in [0.3, 0.4) is 0 Å². The van der Waals surface area contributed by atoms with Crippen molar-refractivity contribution < 1.29 is 19.0 Å². The monoisotopic (exact) mass is 400 g/mol. The van der Waals surface area contributed by atoms with Gasteiger partial charge in [0.15, 0.2) is 0 Å². The summed E-state index contributed by atoms with van der Waals surface area (Å²) in [7, 11) is 2.00. The number of ketones is 1. The number of ether oxygens (including phenoxy) is 3. The molecule has 6 nitrogen and oxygen atoms in total. The van der Waals surface area contributed by atoms with Crippen LogP contribution in [-0.4, -0.2) is 40.3 Å². The Labute approximate surface area is 172 Å². The van der Waals surface area contributed by atoms with Crippen molar-refractivity contribution in [3.8, 4) is 11.8 Å². The molecule has 1 heterocycles. The molecule has 0 spiro atoms. The van der Waals surface area contributed by atoms with E-state index in [1.807, 2.05) is 23.7 Å². The van der Waals surface area contributed by atoms with Gasteiger partial charge in [-0.05, 0) is 63.5 Å². The predicted molar refractivity (Wildman–Crippen MR) is 111 cm³/mol. The van der Waals surface area contributed by atoms with E-state index >= 15 is 0 Å². The van der Waals surface area contributed by atoms with Gasteiger partial charge in [-0.2, -0.15) is 4.98 Å². The summed E-state index contributed by atoms with van der Waals surface area (Å²) in [5.41, 5.74) is 1.97. The first-order chi connectivity index (χ1) is 14.0. The summed E-state index contributed by atoms with van der Waals surface area (Å²) < 4.78 is 20.2. The summed E-state index contributed by atoms with van der Waals surface area (Å²) in [4.78, 5) is 15.9. The predicted octanol–water partition coefficient (Wildman–Crippen LogP) is 4.44. The van der Waals surface area contributed by atoms with E-state index in [-0.39, 0.29) is 23.9 Å². The van der Waals surface area contributed by atoms with Crippen molar-refractivity contribution in [3.05, 3.63) is 18.2 Å². The minimum atomic E-state index is 0.169. The highest BCUT2D eigenvalue weighted by molar-refractivity contribution is 5.78. The topological polar surface area (TPSA) is 62.6 Å². The number of hydrogen-bond acceptors (Lipinski definition) is 5. The number of carbonyl (C=O) groups excluding carboxylic acids is 1. The zero-order chi connectivity index (χ0) is 20.4. The maximum absolute atomic E-state index is 11.2. The van der Waals surface area contributed by atoms with E-state index in [2.05, 4.69) is 18.0 Å². The molecule has 0 saturated heterocycles. The van der Waals surface area contributed by atoms with Crippen molar-refractivity contribution in [2.75, 3.05) is 6.61 Å². The van der Waals surface area contributed by atoms with Gasteiger partial charge in [0, 0.05) is 26.1 Å². The Balaban J connectivity index is 1.29. The molecule has 2 fully saturated rings. The molecule has 0 radical (unpaired) electrons. The molecule has 1 atom stereocenters. The molecule has 2 aliphatic carbocycles. The Morgan fingerprint density at radius 1 is 1.10 bits per heavy atom. The summed E-state index contributed by atoms with van der Waals surface area (Å²) in [6.07, 6.45) is 7.63. The van der Waals surface area contributed by atoms with E-state index in [1.165, 1.54) is 0 Å². The lowest BCUT2D eigenvalue weighted by molar-refractivity contribution is -0.118. The number of hydrogen-bond donors (Lipinski definition) is 0. The normalized spacial score (nSPS) is 23.1. The average Bonchev–Trinajstić information content (AvgIpc) is 3.45. The molecule has 0 N–H and O–H groups in total. The molecule has 0 amide bonds. The lowest BCUT2D eigenvalue weighted by Crippen LogP contribution is -2.30. The summed E-state index contributed by atoms with van der Waals surface area (Å²) in [6.45, 7) is 4.37. The first kappa shape index (κ1) is 20.2. The fourth-order valence-corrected chi connectivity index (χ4v) is 4.02. The van der Waals surface area contributed by atoms with E-state index in [1.54, 1.807) is 6.92 Å². The second-order valence-electron chi connectivity index (χ2n) is 8.78. The molecule has 0 aliphatic heterocycles. The smallest absolute Gasteiger partial charge is 0.297 e. The molecule has 2 aliphatic rings. The zero-order valence-electron chi connectivity index (χ0n) is 17.7. The van der Waals surface area contributed by atoms with Crippen LogP contribution in [0.5, 0.6) is 11.8 Å². The maximum atomic E-state index is 11.2. The van der Waals surface area contributed by atoms with E-state index in [0.717, 1.165) is 55.3 Å². The second-order valence-corrected chi connectivity index (χ2v) is 8.78. The highest BCUT2D eigenvalue weighted by Crippen LogP contribution is 2.31. The Hall–Kier alpha value is -2.08. The van der Waals surface area contributed by atoms with Gasteiger partial charge < -0.3 is 19.0 Å². The van der Waals surface area contributed by atoms with Crippen LogP contribution in [0.1, 0.15) is 58.8 Å². The lowest BCUT2D eigenvalue weighted by Gasteiger charge is -2.29. The summed E-state index contributed by atoms with van der Waals surface area (Å²) >= 11 is 0. The van der Waals surface area contributed by atoms with E-state index in [9.17, 15) is 4.79 Å². The van der Waals surface area contributed by atoms with Crippen LogP contribution in [0.25, 0.3) is 11.0 Å². The van der Waals surface area contributed by atoms with Gasteiger partial charge in [-0.15, -0.1) is 0 Å². The highest BCUT2D eigenvalue weighted by atomic mass is 16.5. The fraction of sp³-hybridized carbons (Fsp3) is 0.652. The molecule has 4 rings (SSSR count). The molecule has 0 unspecified atom stereocenters. The number of benzene rings is 1. The average molecular weight is 401 g/mol. The first-order valence-electron chi connectivity index (χ1n) is 10.9. The van der Waals surface area contributed by atoms with Gasteiger partial charge in [-0.3, -0.25) is 4.57 Å². The minimum Gasteiger partial charge on any atom is -0.490 e. The van der Waals surface area contributed by atoms with Crippen LogP contribution >= 0.6 is 0 Å². The molecule has 6 heteroatoms. The number of nitrogens with zero attached hydrogens (tertiary/aromatic N) is 2. The minimum absolute atomic E-state index is 0.169. The Morgan fingerprint density at radius 3 is 2.45 bits per heavy atom. The van der Waals surface area contributed by atoms with Gasteiger partial charge in [0.05, 0.1) is 23.2 Å². The summed E-state index contributed by atoms with van der Waals surface area (Å²) in [5, 5.41) is 0. The maximum Gasteiger partial charge on any atom is 0.297 e. The SMILES string of the molecule is CC(=O)C[C@@H](C)COC1CCC(Oc2nc3ccc(OC4CC4)cc3n2C)CC1. The van der Waals surface area contributed by atoms with Crippen molar-refractivity contribution in [1.82, 2.24) is 9.55 Å². The number of aromatic nitrogens is 2. The van der Waals surface area contributed by atoms with E-state index in [0.29, 0.717) is 25.1 Å². The molecule has 1 aromatic carbocycles. The van der Waals surface area contributed by atoms with Crippen molar-refractivity contribution >= 4 is 16.8 Å². The standard InChI is InChI=1S/C23H32N2O4/c1-15(12-16(2)26)14-27-17-4-6-19(7-5-17)29-23-24-21-11-10-20(28-18-8-9-18)13-22(21)25(23)3/h10-11,13,15,17-19H,4-9,12,14H2,1-3H3/t15-,17?,19?/m1/s1. The van der Waals surface area contributed by atoms with Crippen molar-refractivity contribution in [1.29, 1.82) is 0 Å². The van der Waals surface area contributed by atoms with E-state index < -0.39 is 0 Å². The number of rotatable bonds is 9. The molecule has 2 aromatic rings. The van der Waals surface area contributed by atoms with Crippen molar-refractivity contribution in [3.63, 3.8) is 0 Å². The highest BCUT2D eigenvalue weighted by Gasteiger charge is 2.26. The third kappa shape index (κ3) is 5.30. The fourth-order valence-electron chi connectivity index (χ4n) is 4.02. The van der Waals surface area contributed by atoms with Crippen LogP contribution in [-0.2, 0) is 16.6 Å². The third-order valence-electron chi connectivity index (χ3n) is 5.78. The molecule has 29 heavy (non-hydrogen) atoms. The molecule has 158 valence electrons. The number of fused-ring (bicyclic) bond motifs is 1. The lowest BCUT2D eigenvalue weighted by atomic mass is 9.95. The van der Waals surface area contributed by atoms with Gasteiger partial charge >= 0.3 is 0 Å².